The van der Waals surface area contributed by atoms with E-state index in [1.54, 1.807) is 4.88 Å². The number of nitrogens with zero attached hydrogens (tertiary/aromatic N) is 3. The van der Waals surface area contributed by atoms with Crippen molar-refractivity contribution in [2.45, 2.75) is 70.8 Å². The van der Waals surface area contributed by atoms with Gasteiger partial charge in [0.15, 0.2) is 5.82 Å². The van der Waals surface area contributed by atoms with E-state index in [1.807, 2.05) is 23.8 Å². The van der Waals surface area contributed by atoms with Crippen molar-refractivity contribution < 1.29 is 4.21 Å². The largest absolute Gasteiger partial charge is 0.390 e. The summed E-state index contributed by atoms with van der Waals surface area (Å²) < 4.78 is 11.6. The van der Waals surface area contributed by atoms with E-state index in [0.29, 0.717) is 17.9 Å². The molecule has 6 nitrogen and oxygen atoms in total. The van der Waals surface area contributed by atoms with E-state index in [-0.39, 0.29) is 0 Å². The Morgan fingerprint density at radius 2 is 2.14 bits per heavy atom. The molecule has 0 radical (unpaired) electrons. The first kappa shape index (κ1) is 24.3. The summed E-state index contributed by atoms with van der Waals surface area (Å²) in [6, 6.07) is 0.659. The Morgan fingerprint density at radius 1 is 1.33 bits per heavy atom. The summed E-state index contributed by atoms with van der Waals surface area (Å²) in [5, 5.41) is 1.44. The first-order valence-corrected chi connectivity index (χ1v) is 15.9. The van der Waals surface area contributed by atoms with Crippen LogP contribution >= 0.6 is 11.3 Å². The fraction of sp³-hybridized carbons (Fsp3) is 0.571. The van der Waals surface area contributed by atoms with Crippen LogP contribution in [-0.4, -0.2) is 56.6 Å². The van der Waals surface area contributed by atoms with Gasteiger partial charge in [-0.1, -0.05) is 13.8 Å². The maximum absolute atomic E-state index is 11.6. The number of nitrogens with two attached hydrogens (primary N) is 1. The first-order valence-electron chi connectivity index (χ1n) is 13.3. The maximum Gasteiger partial charge on any atom is 0.156 e. The van der Waals surface area contributed by atoms with Gasteiger partial charge in [-0.25, -0.2) is 9.98 Å². The molecule has 3 unspecified atom stereocenters. The Balaban J connectivity index is 1.37. The minimum absolute atomic E-state index is 0.416. The molecule has 1 aliphatic heterocycles. The van der Waals surface area contributed by atoms with Crippen molar-refractivity contribution in [1.29, 1.82) is 0 Å². The second kappa shape index (κ2) is 9.37. The molecule has 6 rings (SSSR count). The lowest BCUT2D eigenvalue weighted by Crippen LogP contribution is -2.37. The predicted molar refractivity (Wildman–Crippen MR) is 152 cm³/mol. The SMILES string of the molecule is Cc1c([C@@H]2CC3CC2CN3CCS(C)=O)sc2[nH]c(-c3cnc(N=CN)c4c3CCC4)c(C(C)C)c12. The van der Waals surface area contributed by atoms with Crippen molar-refractivity contribution in [3.63, 3.8) is 0 Å². The third-order valence-corrected chi connectivity index (χ3v) is 10.9. The van der Waals surface area contributed by atoms with Gasteiger partial charge in [-0.15, -0.1) is 11.3 Å². The number of pyridine rings is 1. The highest BCUT2D eigenvalue weighted by atomic mass is 32.2. The topological polar surface area (TPSA) is 87.4 Å². The van der Waals surface area contributed by atoms with Crippen LogP contribution in [0.2, 0.25) is 0 Å². The van der Waals surface area contributed by atoms with Gasteiger partial charge in [0.1, 0.15) is 4.83 Å². The number of aromatic amines is 1. The van der Waals surface area contributed by atoms with E-state index in [0.717, 1.165) is 49.8 Å². The zero-order chi connectivity index (χ0) is 25.1. The zero-order valence-electron chi connectivity index (χ0n) is 21.8. The lowest BCUT2D eigenvalue weighted by molar-refractivity contribution is 0.212. The first-order chi connectivity index (χ1) is 17.4. The molecule has 0 amide bonds. The Kier molecular flexibility index (Phi) is 6.33. The second-order valence-corrected chi connectivity index (χ2v) is 13.8. The summed E-state index contributed by atoms with van der Waals surface area (Å²) in [6.45, 7) is 9.13. The van der Waals surface area contributed by atoms with Gasteiger partial charge in [-0.2, -0.15) is 0 Å². The molecule has 3 aliphatic rings. The third kappa shape index (κ3) is 3.87. The van der Waals surface area contributed by atoms with Crippen LogP contribution < -0.4 is 5.73 Å². The monoisotopic (exact) mass is 523 g/mol. The van der Waals surface area contributed by atoms with Crippen LogP contribution in [0.3, 0.4) is 0 Å². The molecule has 0 aromatic carbocycles. The van der Waals surface area contributed by atoms with Crippen LogP contribution in [0.4, 0.5) is 5.82 Å². The normalized spacial score (nSPS) is 24.6. The van der Waals surface area contributed by atoms with E-state index in [9.17, 15) is 4.21 Å². The third-order valence-electron chi connectivity index (χ3n) is 8.79. The molecule has 8 heteroatoms. The summed E-state index contributed by atoms with van der Waals surface area (Å²) in [7, 11) is -0.706. The Hall–Kier alpha value is -2.03. The molecule has 3 N–H and O–H groups in total. The van der Waals surface area contributed by atoms with Gasteiger partial charge >= 0.3 is 0 Å². The minimum atomic E-state index is -0.706. The van der Waals surface area contributed by atoms with Gasteiger partial charge < -0.3 is 10.7 Å². The van der Waals surface area contributed by atoms with E-state index in [1.165, 1.54) is 62.9 Å². The van der Waals surface area contributed by atoms with Crippen LogP contribution in [0, 0.1) is 12.8 Å². The Bertz CT molecular complexity index is 1370. The number of thiophene rings is 1. The van der Waals surface area contributed by atoms with Crippen molar-refractivity contribution in [3.05, 3.63) is 33.3 Å². The summed E-state index contributed by atoms with van der Waals surface area (Å²) in [4.78, 5) is 18.4. The van der Waals surface area contributed by atoms with Crippen LogP contribution in [-0.2, 0) is 23.6 Å². The molecule has 3 aromatic heterocycles. The summed E-state index contributed by atoms with van der Waals surface area (Å²) >= 11 is 1.99. The quantitative estimate of drug-likeness (QED) is 0.321. The number of nitrogens with one attached hydrogen (secondary N) is 1. The molecule has 0 spiro atoms. The molecule has 36 heavy (non-hydrogen) atoms. The van der Waals surface area contributed by atoms with Crippen molar-refractivity contribution in [2.75, 3.05) is 25.1 Å². The maximum atomic E-state index is 11.6. The Morgan fingerprint density at radius 3 is 2.83 bits per heavy atom. The average molecular weight is 524 g/mol. The number of hydrogen-bond acceptors (Lipinski definition) is 5. The number of hydrogen-bond donors (Lipinski definition) is 2. The van der Waals surface area contributed by atoms with E-state index < -0.39 is 10.8 Å². The van der Waals surface area contributed by atoms with E-state index in [2.05, 4.69) is 35.6 Å². The molecular formula is C28H37N5OS2. The van der Waals surface area contributed by atoms with Crippen LogP contribution in [0.25, 0.3) is 21.5 Å². The smallest absolute Gasteiger partial charge is 0.156 e. The highest BCUT2D eigenvalue weighted by molar-refractivity contribution is 7.84. The summed E-state index contributed by atoms with van der Waals surface area (Å²) in [6.07, 6.45) is 11.0. The lowest BCUT2D eigenvalue weighted by atomic mass is 9.88. The molecule has 2 bridgehead atoms. The zero-order valence-corrected chi connectivity index (χ0v) is 23.4. The number of H-pyrrole nitrogens is 1. The fourth-order valence-electron chi connectivity index (χ4n) is 7.25. The van der Waals surface area contributed by atoms with Crippen molar-refractivity contribution in [1.82, 2.24) is 14.9 Å². The molecule has 2 fully saturated rings. The second-order valence-electron chi connectivity index (χ2n) is 11.2. The molecule has 1 saturated carbocycles. The number of aliphatic imine (C=N–C) groups is 1. The van der Waals surface area contributed by atoms with Crippen molar-refractivity contribution in [3.8, 4) is 11.3 Å². The number of fused-ring (bicyclic) bond motifs is 4. The van der Waals surface area contributed by atoms with Gasteiger partial charge in [-0.05, 0) is 73.5 Å². The van der Waals surface area contributed by atoms with Gasteiger partial charge in [0.25, 0.3) is 0 Å². The standard InChI is InChI=1S/C28H37N5OS2/c1-15(2)23-24-16(3)26(21-11-18-10-17(21)13-33(18)8-9-36(4)34)35-28(24)32-25(23)22-12-30-27(31-14-29)20-7-5-6-19(20)22/h12,14-15,17-18,21,32H,5-11,13H2,1-4H3,(H2,29,30,31)/t17?,18?,21-,36?/m1/s1. The van der Waals surface area contributed by atoms with Crippen LogP contribution in [0.1, 0.15) is 72.1 Å². The molecule has 4 atom stereocenters. The van der Waals surface area contributed by atoms with Gasteiger partial charge in [0, 0.05) is 69.5 Å². The summed E-state index contributed by atoms with van der Waals surface area (Å²) in [5.74, 6) is 3.38. The molecule has 4 heterocycles. The van der Waals surface area contributed by atoms with E-state index >= 15 is 0 Å². The highest BCUT2D eigenvalue weighted by Gasteiger charge is 2.46. The van der Waals surface area contributed by atoms with Crippen molar-refractivity contribution in [2.24, 2.45) is 16.6 Å². The summed E-state index contributed by atoms with van der Waals surface area (Å²) in [5.41, 5.74) is 13.7. The average Bonchev–Trinajstić information content (AvgIpc) is 3.64. The van der Waals surface area contributed by atoms with Crippen LogP contribution in [0.5, 0.6) is 0 Å². The number of piperidine rings is 1. The number of likely N-dealkylation sites (tertiary alicyclic amines) is 1. The Labute approximate surface area is 220 Å². The molecule has 3 aromatic rings. The number of aryl methyl sites for hydroxylation is 1. The number of rotatable bonds is 7. The molecule has 1 saturated heterocycles. The minimum Gasteiger partial charge on any atom is -0.390 e. The van der Waals surface area contributed by atoms with Gasteiger partial charge in [-0.3, -0.25) is 9.11 Å². The van der Waals surface area contributed by atoms with Crippen LogP contribution in [0.15, 0.2) is 11.2 Å². The van der Waals surface area contributed by atoms with Crippen molar-refractivity contribution >= 4 is 44.5 Å². The fourth-order valence-corrected chi connectivity index (χ4v) is 9.17. The predicted octanol–water partition coefficient (Wildman–Crippen LogP) is 5.39. The highest BCUT2D eigenvalue weighted by Crippen LogP contribution is 2.53. The lowest BCUT2D eigenvalue weighted by Gasteiger charge is -2.31. The van der Waals surface area contributed by atoms with Gasteiger partial charge in [0.05, 0.1) is 12.0 Å². The molecule has 192 valence electrons. The van der Waals surface area contributed by atoms with Gasteiger partial charge in [0.2, 0.25) is 0 Å². The number of aromatic nitrogens is 2. The molecule has 2 aliphatic carbocycles. The van der Waals surface area contributed by atoms with E-state index in [4.69, 9.17) is 10.7 Å². The molecular weight excluding hydrogens is 486 g/mol.